The molecule has 0 saturated carbocycles. The Hall–Kier alpha value is -0.900. The lowest BCUT2D eigenvalue weighted by atomic mass is 10.0. The molecule has 0 bridgehead atoms. The number of nitrogens with zero attached hydrogens (tertiary/aromatic N) is 1. The minimum atomic E-state index is 0.303. The third-order valence-corrected chi connectivity index (χ3v) is 3.64. The Kier molecular flexibility index (Phi) is 5.37. The van der Waals surface area contributed by atoms with Gasteiger partial charge >= 0.3 is 0 Å². The molecule has 19 heavy (non-hydrogen) atoms. The molecule has 1 unspecified atom stereocenters. The Labute approximate surface area is 127 Å². The molecule has 0 aliphatic heterocycles. The number of aromatic nitrogens is 1. The average Bonchev–Trinajstić information content (AvgIpc) is 2.40. The van der Waals surface area contributed by atoms with Crippen molar-refractivity contribution in [3.8, 4) is 0 Å². The minimum absolute atomic E-state index is 0.303. The maximum absolute atomic E-state index is 6.04. The second kappa shape index (κ2) is 7.04. The van der Waals surface area contributed by atoms with Crippen molar-refractivity contribution in [1.82, 2.24) is 10.3 Å². The summed E-state index contributed by atoms with van der Waals surface area (Å²) in [4.78, 5) is 4.17. The van der Waals surface area contributed by atoms with Gasteiger partial charge in [0.25, 0.3) is 0 Å². The fourth-order valence-electron chi connectivity index (χ4n) is 2.01. The third-order valence-electron chi connectivity index (χ3n) is 2.97. The summed E-state index contributed by atoms with van der Waals surface area (Å²) in [6.07, 6.45) is 4.68. The van der Waals surface area contributed by atoms with Crippen LogP contribution in [0.2, 0.25) is 5.02 Å². The first kappa shape index (κ1) is 14.5. The zero-order valence-corrected chi connectivity index (χ0v) is 13.1. The Morgan fingerprint density at radius 3 is 2.84 bits per heavy atom. The molecule has 0 spiro atoms. The highest BCUT2D eigenvalue weighted by molar-refractivity contribution is 9.10. The predicted molar refractivity (Wildman–Crippen MR) is 83.3 cm³/mol. The van der Waals surface area contributed by atoms with Crippen LogP contribution in [0.15, 0.2) is 47.2 Å². The molecule has 1 heterocycles. The van der Waals surface area contributed by atoms with Crippen LogP contribution in [0.25, 0.3) is 0 Å². The highest BCUT2D eigenvalue weighted by Crippen LogP contribution is 2.21. The number of hydrogen-bond donors (Lipinski definition) is 1. The minimum Gasteiger partial charge on any atom is -0.306 e. The standard InChI is InChI=1S/C15H16BrClN2/c1-2-15(12-4-3-5-14(17)7-12)19-9-11-6-13(16)10-18-8-11/h3-8,10,15,19H,2,9H2,1H3. The lowest BCUT2D eigenvalue weighted by molar-refractivity contribution is 0.518. The van der Waals surface area contributed by atoms with Gasteiger partial charge in [-0.15, -0.1) is 0 Å². The number of rotatable bonds is 5. The van der Waals surface area contributed by atoms with Crippen LogP contribution in [0, 0.1) is 0 Å². The van der Waals surface area contributed by atoms with Crippen molar-refractivity contribution in [1.29, 1.82) is 0 Å². The predicted octanol–water partition coefficient (Wildman–Crippen LogP) is 4.74. The van der Waals surface area contributed by atoms with Crippen LogP contribution in [0.4, 0.5) is 0 Å². The van der Waals surface area contributed by atoms with E-state index in [1.54, 1.807) is 6.20 Å². The maximum atomic E-state index is 6.04. The summed E-state index contributed by atoms with van der Waals surface area (Å²) in [5.74, 6) is 0. The van der Waals surface area contributed by atoms with E-state index in [0.717, 1.165) is 28.0 Å². The van der Waals surface area contributed by atoms with Crippen LogP contribution >= 0.6 is 27.5 Å². The van der Waals surface area contributed by atoms with E-state index in [2.05, 4.69) is 45.3 Å². The summed E-state index contributed by atoms with van der Waals surface area (Å²) in [6, 6.07) is 10.4. The molecule has 0 aliphatic carbocycles. The number of halogens is 2. The van der Waals surface area contributed by atoms with Crippen LogP contribution in [0.3, 0.4) is 0 Å². The Bertz CT molecular complexity index is 545. The van der Waals surface area contributed by atoms with Gasteiger partial charge in [-0.3, -0.25) is 4.98 Å². The summed E-state index contributed by atoms with van der Waals surface area (Å²) in [7, 11) is 0. The first-order chi connectivity index (χ1) is 9.19. The van der Waals surface area contributed by atoms with Gasteiger partial charge in [-0.2, -0.15) is 0 Å². The molecule has 0 radical (unpaired) electrons. The second-order valence-electron chi connectivity index (χ2n) is 4.41. The van der Waals surface area contributed by atoms with Crippen molar-refractivity contribution < 1.29 is 0 Å². The molecule has 0 fully saturated rings. The van der Waals surface area contributed by atoms with E-state index in [-0.39, 0.29) is 0 Å². The first-order valence-electron chi connectivity index (χ1n) is 6.27. The Balaban J connectivity index is 2.04. The van der Waals surface area contributed by atoms with Crippen LogP contribution in [0.5, 0.6) is 0 Å². The van der Waals surface area contributed by atoms with Gasteiger partial charge in [0.15, 0.2) is 0 Å². The van der Waals surface area contributed by atoms with Crippen molar-refractivity contribution in [2.45, 2.75) is 25.9 Å². The highest BCUT2D eigenvalue weighted by Gasteiger charge is 2.09. The number of pyridine rings is 1. The lowest BCUT2D eigenvalue weighted by Gasteiger charge is -2.17. The van der Waals surface area contributed by atoms with E-state index in [4.69, 9.17) is 11.6 Å². The van der Waals surface area contributed by atoms with Crippen molar-refractivity contribution in [3.63, 3.8) is 0 Å². The van der Waals surface area contributed by atoms with E-state index >= 15 is 0 Å². The number of hydrogen-bond acceptors (Lipinski definition) is 2. The van der Waals surface area contributed by atoms with E-state index in [1.807, 2.05) is 24.4 Å². The van der Waals surface area contributed by atoms with Crippen LogP contribution in [0.1, 0.15) is 30.5 Å². The van der Waals surface area contributed by atoms with Gasteiger partial charge in [0.05, 0.1) is 0 Å². The maximum Gasteiger partial charge on any atom is 0.0410 e. The average molecular weight is 340 g/mol. The number of benzene rings is 1. The van der Waals surface area contributed by atoms with Gasteiger partial charge in [-0.25, -0.2) is 0 Å². The van der Waals surface area contributed by atoms with E-state index in [0.29, 0.717) is 6.04 Å². The molecule has 100 valence electrons. The molecule has 0 saturated heterocycles. The monoisotopic (exact) mass is 338 g/mol. The summed E-state index contributed by atoms with van der Waals surface area (Å²) in [6.45, 7) is 2.95. The molecular formula is C15H16BrClN2. The summed E-state index contributed by atoms with van der Waals surface area (Å²) < 4.78 is 1.00. The molecule has 1 aromatic heterocycles. The van der Waals surface area contributed by atoms with E-state index in [9.17, 15) is 0 Å². The normalized spacial score (nSPS) is 12.4. The SMILES string of the molecule is CCC(NCc1cncc(Br)c1)c1cccc(Cl)c1. The molecule has 1 N–H and O–H groups in total. The molecule has 1 aromatic carbocycles. The van der Waals surface area contributed by atoms with Crippen molar-refractivity contribution in [2.75, 3.05) is 0 Å². The van der Waals surface area contributed by atoms with Crippen molar-refractivity contribution in [3.05, 3.63) is 63.3 Å². The van der Waals surface area contributed by atoms with Crippen LogP contribution in [-0.4, -0.2) is 4.98 Å². The molecule has 0 amide bonds. The highest BCUT2D eigenvalue weighted by atomic mass is 79.9. The molecule has 4 heteroatoms. The van der Waals surface area contributed by atoms with Gasteiger partial charge in [-0.05, 0) is 51.7 Å². The topological polar surface area (TPSA) is 24.9 Å². The lowest BCUT2D eigenvalue weighted by Crippen LogP contribution is -2.20. The van der Waals surface area contributed by atoms with Crippen molar-refractivity contribution >= 4 is 27.5 Å². The first-order valence-corrected chi connectivity index (χ1v) is 7.44. The van der Waals surface area contributed by atoms with Gasteiger partial charge in [0.2, 0.25) is 0 Å². The largest absolute Gasteiger partial charge is 0.306 e. The molecule has 2 aromatic rings. The summed E-state index contributed by atoms with van der Waals surface area (Å²) in [5.41, 5.74) is 2.38. The molecule has 2 nitrogen and oxygen atoms in total. The molecule has 0 aliphatic rings. The fourth-order valence-corrected chi connectivity index (χ4v) is 2.63. The zero-order chi connectivity index (χ0) is 13.7. The smallest absolute Gasteiger partial charge is 0.0410 e. The summed E-state index contributed by atoms with van der Waals surface area (Å²) in [5, 5.41) is 4.32. The van der Waals surface area contributed by atoms with Gasteiger partial charge < -0.3 is 5.32 Å². The van der Waals surface area contributed by atoms with Gasteiger partial charge in [0, 0.05) is 34.5 Å². The Morgan fingerprint density at radius 1 is 1.32 bits per heavy atom. The van der Waals surface area contributed by atoms with E-state index in [1.165, 1.54) is 5.56 Å². The molecule has 2 rings (SSSR count). The van der Waals surface area contributed by atoms with Gasteiger partial charge in [-0.1, -0.05) is 30.7 Å². The molecule has 1 atom stereocenters. The molecular weight excluding hydrogens is 324 g/mol. The summed E-state index contributed by atoms with van der Waals surface area (Å²) >= 11 is 9.47. The van der Waals surface area contributed by atoms with Crippen LogP contribution in [-0.2, 0) is 6.54 Å². The van der Waals surface area contributed by atoms with Crippen molar-refractivity contribution in [2.24, 2.45) is 0 Å². The Morgan fingerprint density at radius 2 is 2.16 bits per heavy atom. The quantitative estimate of drug-likeness (QED) is 0.851. The fraction of sp³-hybridized carbons (Fsp3) is 0.267. The second-order valence-corrected chi connectivity index (χ2v) is 5.76. The van der Waals surface area contributed by atoms with E-state index < -0.39 is 0 Å². The van der Waals surface area contributed by atoms with Crippen LogP contribution < -0.4 is 5.32 Å². The van der Waals surface area contributed by atoms with Gasteiger partial charge in [0.1, 0.15) is 0 Å². The third kappa shape index (κ3) is 4.30. The zero-order valence-electron chi connectivity index (χ0n) is 10.7. The number of nitrogens with one attached hydrogen (secondary N) is 1.